The zero-order valence-corrected chi connectivity index (χ0v) is 40.9. The first-order valence-electron chi connectivity index (χ1n) is 25.7. The average molecular weight is 880 g/mol. The topological polar surface area (TPSA) is 121 Å². The Morgan fingerprint density at radius 3 is 1.65 bits per heavy atom. The van der Waals surface area contributed by atoms with Crippen LogP contribution in [-0.4, -0.2) is 87.1 Å². The number of hydrogen-bond acceptors (Lipinski definition) is 9. The summed E-state index contributed by atoms with van der Waals surface area (Å²) in [6.45, 7) is 15.1. The van der Waals surface area contributed by atoms with Crippen LogP contribution < -0.4 is 0 Å². The third-order valence-corrected chi connectivity index (χ3v) is 11.5. The number of nitrogens with zero attached hydrogens (tertiary/aromatic N) is 1. The second kappa shape index (κ2) is 46.6. The molecule has 0 heterocycles. The number of ether oxygens (including phenoxy) is 5. The number of unbranched alkanes of at least 4 members (excludes halogenated alkanes) is 18. The third-order valence-electron chi connectivity index (χ3n) is 11.5. The number of allylic oxidation sites excluding steroid dienone is 4. The first kappa shape index (κ1) is 59.6. The normalized spacial score (nSPS) is 12.8. The van der Waals surface area contributed by atoms with Crippen molar-refractivity contribution in [3.63, 3.8) is 0 Å². The van der Waals surface area contributed by atoms with Crippen LogP contribution in [0.2, 0.25) is 0 Å². The zero-order chi connectivity index (χ0) is 45.6. The van der Waals surface area contributed by atoms with Gasteiger partial charge in [0.1, 0.15) is 6.61 Å². The zero-order valence-electron chi connectivity index (χ0n) is 40.9. The molecule has 0 aromatic rings. The van der Waals surface area contributed by atoms with Crippen LogP contribution in [0.25, 0.3) is 0 Å². The second-order valence-corrected chi connectivity index (χ2v) is 17.2. The van der Waals surface area contributed by atoms with Crippen molar-refractivity contribution in [1.29, 1.82) is 0 Å². The summed E-state index contributed by atoms with van der Waals surface area (Å²) in [6.07, 6.45) is 37.1. The van der Waals surface area contributed by atoms with E-state index in [1.807, 2.05) is 0 Å². The monoisotopic (exact) mass is 880 g/mol. The van der Waals surface area contributed by atoms with Crippen molar-refractivity contribution in [3.05, 3.63) is 24.3 Å². The van der Waals surface area contributed by atoms with Gasteiger partial charge in [-0.05, 0) is 96.6 Å². The van der Waals surface area contributed by atoms with Crippen molar-refractivity contribution < 1.29 is 43.2 Å². The number of carbonyl (C=O) groups is 3. The van der Waals surface area contributed by atoms with Gasteiger partial charge in [-0.25, -0.2) is 4.79 Å². The number of esters is 1. The van der Waals surface area contributed by atoms with Crippen LogP contribution in [0, 0.1) is 11.8 Å². The molecule has 0 fully saturated rings. The van der Waals surface area contributed by atoms with Crippen molar-refractivity contribution in [1.82, 2.24) is 4.90 Å². The summed E-state index contributed by atoms with van der Waals surface area (Å²) >= 11 is 0. The van der Waals surface area contributed by atoms with Crippen molar-refractivity contribution in [2.45, 2.75) is 227 Å². The molecule has 0 rings (SSSR count). The molecule has 0 aromatic heterocycles. The van der Waals surface area contributed by atoms with E-state index in [4.69, 9.17) is 23.7 Å². The molecule has 0 aliphatic carbocycles. The summed E-state index contributed by atoms with van der Waals surface area (Å²) in [6, 6.07) is 0. The smallest absolute Gasteiger partial charge is 0.481 e. The molecule has 0 aromatic carbocycles. The van der Waals surface area contributed by atoms with Crippen LogP contribution in [0.3, 0.4) is 0 Å². The fourth-order valence-electron chi connectivity index (χ4n) is 7.44. The molecular formula is C52H97NO9. The van der Waals surface area contributed by atoms with Gasteiger partial charge in [0, 0.05) is 32.1 Å². The first-order chi connectivity index (χ1) is 30.3. The van der Waals surface area contributed by atoms with Crippen LogP contribution in [0.1, 0.15) is 221 Å². The highest BCUT2D eigenvalue weighted by atomic mass is 16.7. The van der Waals surface area contributed by atoms with Gasteiger partial charge in [0.2, 0.25) is 0 Å². The SMILES string of the molecule is CCCCC/C=C\C/C=C\CCCCCCC(CC(COC(=O)CCCCC(OCCCCCCCC)OCCCCCCCC)COC(=O)OCCCN(CC)CC)C(=O)O. The summed E-state index contributed by atoms with van der Waals surface area (Å²) in [4.78, 5) is 40.1. The lowest BCUT2D eigenvalue weighted by atomic mass is 9.90. The van der Waals surface area contributed by atoms with Crippen molar-refractivity contribution in [3.8, 4) is 0 Å². The molecule has 2 unspecified atom stereocenters. The minimum Gasteiger partial charge on any atom is -0.481 e. The van der Waals surface area contributed by atoms with Gasteiger partial charge in [-0.2, -0.15) is 0 Å². The van der Waals surface area contributed by atoms with Gasteiger partial charge in [0.15, 0.2) is 6.29 Å². The highest BCUT2D eigenvalue weighted by Gasteiger charge is 2.25. The lowest BCUT2D eigenvalue weighted by Crippen LogP contribution is -2.27. The van der Waals surface area contributed by atoms with E-state index in [1.54, 1.807) is 0 Å². The highest BCUT2D eigenvalue weighted by Crippen LogP contribution is 2.22. The van der Waals surface area contributed by atoms with Gasteiger partial charge >= 0.3 is 18.1 Å². The van der Waals surface area contributed by atoms with E-state index < -0.39 is 24.0 Å². The van der Waals surface area contributed by atoms with Crippen LogP contribution in [0.4, 0.5) is 4.79 Å². The minimum atomic E-state index is -0.877. The molecule has 0 radical (unpaired) electrons. The molecule has 0 bridgehead atoms. The van der Waals surface area contributed by atoms with E-state index in [-0.39, 0.29) is 44.9 Å². The van der Waals surface area contributed by atoms with E-state index in [0.29, 0.717) is 32.5 Å². The van der Waals surface area contributed by atoms with E-state index in [1.165, 1.54) is 83.5 Å². The Balaban J connectivity index is 5.02. The quantitative estimate of drug-likeness (QED) is 0.0274. The van der Waals surface area contributed by atoms with Gasteiger partial charge in [-0.3, -0.25) is 9.59 Å². The number of carbonyl (C=O) groups excluding carboxylic acids is 2. The Labute approximate surface area is 381 Å². The number of carboxylic acid groups (broad SMARTS) is 1. The molecular weight excluding hydrogens is 783 g/mol. The summed E-state index contributed by atoms with van der Waals surface area (Å²) in [7, 11) is 0. The Bertz CT molecular complexity index is 1040. The summed E-state index contributed by atoms with van der Waals surface area (Å²) in [5, 5.41) is 10.1. The van der Waals surface area contributed by atoms with Crippen molar-refractivity contribution in [2.75, 3.05) is 52.7 Å². The van der Waals surface area contributed by atoms with Gasteiger partial charge in [0.25, 0.3) is 0 Å². The lowest BCUT2D eigenvalue weighted by Gasteiger charge is -2.21. The predicted octanol–water partition coefficient (Wildman–Crippen LogP) is 14.2. The molecule has 0 saturated heterocycles. The number of aliphatic carboxylic acids is 1. The molecule has 0 saturated carbocycles. The number of carboxylic acids is 1. The molecule has 10 nitrogen and oxygen atoms in total. The van der Waals surface area contributed by atoms with E-state index >= 15 is 0 Å². The fraction of sp³-hybridized carbons (Fsp3) is 0.865. The summed E-state index contributed by atoms with van der Waals surface area (Å²) < 4.78 is 28.8. The van der Waals surface area contributed by atoms with Crippen LogP contribution in [-0.2, 0) is 33.3 Å². The molecule has 62 heavy (non-hydrogen) atoms. The highest BCUT2D eigenvalue weighted by molar-refractivity contribution is 5.70. The Hall–Kier alpha value is -2.43. The molecule has 1 N–H and O–H groups in total. The molecule has 0 aliphatic rings. The largest absolute Gasteiger partial charge is 0.508 e. The van der Waals surface area contributed by atoms with Crippen LogP contribution >= 0.6 is 0 Å². The number of hydrogen-bond donors (Lipinski definition) is 1. The maximum atomic E-state index is 12.9. The van der Waals surface area contributed by atoms with E-state index in [0.717, 1.165) is 90.3 Å². The maximum Gasteiger partial charge on any atom is 0.508 e. The van der Waals surface area contributed by atoms with E-state index in [2.05, 4.69) is 63.8 Å². The predicted molar refractivity (Wildman–Crippen MR) is 256 cm³/mol. The molecule has 364 valence electrons. The molecule has 0 spiro atoms. The van der Waals surface area contributed by atoms with Gasteiger partial charge in [-0.15, -0.1) is 0 Å². The third kappa shape index (κ3) is 40.4. The second-order valence-electron chi connectivity index (χ2n) is 17.2. The molecule has 2 atom stereocenters. The molecule has 0 aliphatic heterocycles. The maximum absolute atomic E-state index is 12.9. The Kier molecular flexibility index (Phi) is 44.7. The van der Waals surface area contributed by atoms with Gasteiger partial charge in [0.05, 0.1) is 19.1 Å². The first-order valence-corrected chi connectivity index (χ1v) is 25.7. The Morgan fingerprint density at radius 2 is 1.05 bits per heavy atom. The van der Waals surface area contributed by atoms with Crippen LogP contribution in [0.5, 0.6) is 0 Å². The number of rotatable bonds is 47. The molecule has 10 heteroatoms. The van der Waals surface area contributed by atoms with Crippen molar-refractivity contribution >= 4 is 18.1 Å². The fourth-order valence-corrected chi connectivity index (χ4v) is 7.44. The summed E-state index contributed by atoms with van der Waals surface area (Å²) in [5.74, 6) is -2.29. The average Bonchev–Trinajstić information content (AvgIpc) is 3.27. The van der Waals surface area contributed by atoms with E-state index in [9.17, 15) is 19.5 Å². The standard InChI is InChI=1S/C52H97NO9/c1-6-11-14-17-20-21-22-23-24-25-26-27-28-31-37-48(51(55)56)44-47(46-62-52(57)60-43-36-40-53(9-4)10-5)45-61-49(54)38-32-33-39-50(58-41-34-29-18-15-12-7-2)59-42-35-30-19-16-13-8-3/h20-21,23-24,47-48,50H,6-19,22,25-46H2,1-5H3,(H,55,56)/b21-20-,24-23-. The van der Waals surface area contributed by atoms with Gasteiger partial charge in [-0.1, -0.05) is 155 Å². The van der Waals surface area contributed by atoms with Crippen LogP contribution in [0.15, 0.2) is 24.3 Å². The summed E-state index contributed by atoms with van der Waals surface area (Å²) in [5.41, 5.74) is 0. The van der Waals surface area contributed by atoms with Crippen molar-refractivity contribution in [2.24, 2.45) is 11.8 Å². The molecule has 0 amide bonds. The minimum absolute atomic E-state index is 0.0104. The lowest BCUT2D eigenvalue weighted by molar-refractivity contribution is -0.150. The Morgan fingerprint density at radius 1 is 0.532 bits per heavy atom. The van der Waals surface area contributed by atoms with Gasteiger partial charge < -0.3 is 33.7 Å².